The number of benzene rings is 2. The fourth-order valence-electron chi connectivity index (χ4n) is 2.27. The molecule has 0 fully saturated rings. The van der Waals surface area contributed by atoms with Crippen molar-refractivity contribution in [1.29, 1.82) is 0 Å². The Bertz CT molecular complexity index is 1010. The first-order chi connectivity index (χ1) is 14.0. The molecule has 2 N–H and O–H groups in total. The Kier molecular flexibility index (Phi) is 7.40. The second-order valence-electron chi connectivity index (χ2n) is 5.79. The molecule has 0 heterocycles. The van der Waals surface area contributed by atoms with Gasteiger partial charge in [-0.1, -0.05) is 6.07 Å². The third-order valence-electron chi connectivity index (χ3n) is 3.58. The smallest absolute Gasteiger partial charge is 0.465 e. The Morgan fingerprint density at radius 3 is 2.33 bits per heavy atom. The average molecular weight is 446 g/mol. The van der Waals surface area contributed by atoms with Gasteiger partial charge in [-0.2, -0.15) is 0 Å². The van der Waals surface area contributed by atoms with Gasteiger partial charge in [-0.05, 0) is 42.5 Å². The van der Waals surface area contributed by atoms with E-state index in [1.165, 1.54) is 25.3 Å². The highest BCUT2D eigenvalue weighted by atomic mass is 32.2. The first kappa shape index (κ1) is 23.2. The van der Waals surface area contributed by atoms with E-state index < -0.39 is 34.0 Å². The van der Waals surface area contributed by atoms with Crippen molar-refractivity contribution < 1.29 is 40.7 Å². The number of anilines is 1. The van der Waals surface area contributed by atoms with Gasteiger partial charge in [0.05, 0.1) is 17.6 Å². The molecule has 2 rings (SSSR count). The molecule has 162 valence electrons. The van der Waals surface area contributed by atoms with Gasteiger partial charge >= 0.3 is 12.3 Å². The number of alkyl halides is 3. The first-order valence-electron chi connectivity index (χ1n) is 8.34. The van der Waals surface area contributed by atoms with Crippen LogP contribution in [0, 0.1) is 0 Å². The number of carbonyl (C=O) groups is 2. The number of nitrogens with one attached hydrogen (secondary N) is 2. The third kappa shape index (κ3) is 7.04. The number of esters is 1. The lowest BCUT2D eigenvalue weighted by molar-refractivity contribution is -0.274. The Hall–Kier alpha value is -3.12. The Morgan fingerprint density at radius 2 is 1.73 bits per heavy atom. The van der Waals surface area contributed by atoms with E-state index in [1.54, 1.807) is 6.07 Å². The number of amides is 1. The van der Waals surface area contributed by atoms with E-state index in [2.05, 4.69) is 19.5 Å². The molecule has 0 radical (unpaired) electrons. The molecule has 2 aromatic carbocycles. The molecule has 0 saturated carbocycles. The lowest BCUT2D eigenvalue weighted by Gasteiger charge is -2.10. The number of ether oxygens (including phenoxy) is 2. The van der Waals surface area contributed by atoms with Crippen LogP contribution >= 0.6 is 0 Å². The summed E-state index contributed by atoms with van der Waals surface area (Å²) in [6.07, 6.45) is -5.11. The minimum atomic E-state index is -4.89. The van der Waals surface area contributed by atoms with Crippen LogP contribution in [0.1, 0.15) is 16.8 Å². The number of rotatable bonds is 8. The van der Waals surface area contributed by atoms with E-state index in [4.69, 9.17) is 0 Å². The van der Waals surface area contributed by atoms with Crippen molar-refractivity contribution in [2.24, 2.45) is 0 Å². The van der Waals surface area contributed by atoms with Crippen LogP contribution < -0.4 is 14.8 Å². The predicted octanol–water partition coefficient (Wildman–Crippen LogP) is 2.68. The van der Waals surface area contributed by atoms with Crippen LogP contribution in [0.5, 0.6) is 5.75 Å². The van der Waals surface area contributed by atoms with Crippen LogP contribution in [0.25, 0.3) is 0 Å². The maximum atomic E-state index is 12.2. The molecule has 0 aromatic heterocycles. The predicted molar refractivity (Wildman–Crippen MR) is 99.3 cm³/mol. The maximum Gasteiger partial charge on any atom is 0.573 e. The first-order valence-corrected chi connectivity index (χ1v) is 9.82. The number of halogens is 3. The zero-order valence-electron chi connectivity index (χ0n) is 15.5. The van der Waals surface area contributed by atoms with Crippen molar-refractivity contribution in [3.8, 4) is 5.75 Å². The SMILES string of the molecule is COC(=O)c1cccc(NC(=O)CCNS(=O)(=O)c2ccc(OC(F)(F)F)cc2)c1. The van der Waals surface area contributed by atoms with Gasteiger partial charge in [-0.3, -0.25) is 4.79 Å². The summed E-state index contributed by atoms with van der Waals surface area (Å²) in [5.41, 5.74) is 0.556. The highest BCUT2D eigenvalue weighted by Gasteiger charge is 2.31. The molecule has 1 amide bonds. The van der Waals surface area contributed by atoms with E-state index >= 15 is 0 Å². The summed E-state index contributed by atoms with van der Waals surface area (Å²) in [5, 5.41) is 2.51. The van der Waals surface area contributed by atoms with Crippen molar-refractivity contribution in [2.75, 3.05) is 19.0 Å². The van der Waals surface area contributed by atoms with E-state index in [0.717, 1.165) is 24.3 Å². The topological polar surface area (TPSA) is 111 Å². The molecule has 2 aromatic rings. The summed E-state index contributed by atoms with van der Waals surface area (Å²) >= 11 is 0. The van der Waals surface area contributed by atoms with Crippen LogP contribution in [-0.2, 0) is 19.6 Å². The minimum absolute atomic E-state index is 0.225. The van der Waals surface area contributed by atoms with Crippen LogP contribution in [0.15, 0.2) is 53.4 Å². The van der Waals surface area contributed by atoms with Crippen LogP contribution in [0.4, 0.5) is 18.9 Å². The normalized spacial score (nSPS) is 11.6. The highest BCUT2D eigenvalue weighted by molar-refractivity contribution is 7.89. The second kappa shape index (κ2) is 9.59. The standard InChI is InChI=1S/C18H17F3N2O6S/c1-28-17(25)12-3-2-4-13(11-12)23-16(24)9-10-22-30(26,27)15-7-5-14(6-8-15)29-18(19,20)21/h2-8,11,22H,9-10H2,1H3,(H,23,24). The van der Waals surface area contributed by atoms with Gasteiger partial charge in [0.2, 0.25) is 15.9 Å². The van der Waals surface area contributed by atoms with Gasteiger partial charge in [0.1, 0.15) is 5.75 Å². The lowest BCUT2D eigenvalue weighted by atomic mass is 10.2. The molecule has 0 spiro atoms. The molecule has 12 heteroatoms. The highest BCUT2D eigenvalue weighted by Crippen LogP contribution is 2.23. The molecule has 0 aliphatic carbocycles. The van der Waals surface area contributed by atoms with Crippen LogP contribution in [-0.4, -0.2) is 40.3 Å². The van der Waals surface area contributed by atoms with E-state index in [-0.39, 0.29) is 23.4 Å². The van der Waals surface area contributed by atoms with E-state index in [9.17, 15) is 31.2 Å². The number of sulfonamides is 1. The molecule has 0 bridgehead atoms. The lowest BCUT2D eigenvalue weighted by Crippen LogP contribution is -2.28. The third-order valence-corrected chi connectivity index (χ3v) is 5.06. The molecular weight excluding hydrogens is 429 g/mol. The Balaban J connectivity index is 1.89. The summed E-state index contributed by atoms with van der Waals surface area (Å²) in [4.78, 5) is 23.2. The van der Waals surface area contributed by atoms with Crippen molar-refractivity contribution in [3.63, 3.8) is 0 Å². The molecule has 0 unspecified atom stereocenters. The molecule has 0 aliphatic heterocycles. The van der Waals surface area contributed by atoms with Crippen molar-refractivity contribution in [3.05, 3.63) is 54.1 Å². The van der Waals surface area contributed by atoms with Gasteiger partial charge < -0.3 is 14.8 Å². The number of hydrogen-bond acceptors (Lipinski definition) is 6. The molecular formula is C18H17F3N2O6S. The summed E-state index contributed by atoms with van der Waals surface area (Å²) in [5.74, 6) is -1.66. The van der Waals surface area contributed by atoms with E-state index in [1.807, 2.05) is 0 Å². The van der Waals surface area contributed by atoms with Crippen molar-refractivity contribution in [2.45, 2.75) is 17.7 Å². The largest absolute Gasteiger partial charge is 0.573 e. The zero-order chi connectivity index (χ0) is 22.4. The van der Waals surface area contributed by atoms with Crippen LogP contribution in [0.2, 0.25) is 0 Å². The summed E-state index contributed by atoms with van der Waals surface area (Å²) in [6.45, 7) is -0.258. The van der Waals surface area contributed by atoms with Crippen molar-refractivity contribution in [1.82, 2.24) is 4.72 Å². The summed E-state index contributed by atoms with van der Waals surface area (Å²) < 4.78 is 71.2. The zero-order valence-corrected chi connectivity index (χ0v) is 16.3. The van der Waals surface area contributed by atoms with Crippen molar-refractivity contribution >= 4 is 27.6 Å². The van der Waals surface area contributed by atoms with Gasteiger partial charge in [-0.15, -0.1) is 13.2 Å². The van der Waals surface area contributed by atoms with Gasteiger partial charge in [0.25, 0.3) is 0 Å². The van der Waals surface area contributed by atoms with E-state index in [0.29, 0.717) is 5.69 Å². The quantitative estimate of drug-likeness (QED) is 0.604. The summed E-state index contributed by atoms with van der Waals surface area (Å²) in [7, 11) is -2.82. The monoisotopic (exact) mass is 446 g/mol. The molecule has 0 atom stereocenters. The Labute approximate surface area is 170 Å². The maximum absolute atomic E-state index is 12.2. The molecule has 0 saturated heterocycles. The molecule has 8 nitrogen and oxygen atoms in total. The average Bonchev–Trinajstić information content (AvgIpc) is 2.66. The van der Waals surface area contributed by atoms with Gasteiger partial charge in [0.15, 0.2) is 0 Å². The minimum Gasteiger partial charge on any atom is -0.465 e. The molecule has 30 heavy (non-hydrogen) atoms. The van der Waals surface area contributed by atoms with Gasteiger partial charge in [-0.25, -0.2) is 17.9 Å². The number of hydrogen-bond donors (Lipinski definition) is 2. The fourth-order valence-corrected chi connectivity index (χ4v) is 3.30. The fraction of sp³-hybridized carbons (Fsp3) is 0.222. The molecule has 0 aliphatic rings. The Morgan fingerprint density at radius 1 is 1.07 bits per heavy atom. The van der Waals surface area contributed by atoms with Gasteiger partial charge in [0, 0.05) is 18.7 Å². The number of carbonyl (C=O) groups excluding carboxylic acids is 2. The van der Waals surface area contributed by atoms with Crippen LogP contribution in [0.3, 0.4) is 0 Å². The second-order valence-corrected chi connectivity index (χ2v) is 7.55. The summed E-state index contributed by atoms with van der Waals surface area (Å²) in [6, 6.07) is 9.60. The number of methoxy groups -OCH3 is 1.